The first-order chi connectivity index (χ1) is 44.7. The predicted octanol–water partition coefficient (Wildman–Crippen LogP) is 1.81. The number of carbonyl (C=O) groups excluding carboxylic acids is 5. The van der Waals surface area contributed by atoms with E-state index in [1.165, 1.54) is 123 Å². The fraction of sp³-hybridized carbons (Fsp3) is 0.188. The van der Waals surface area contributed by atoms with Gasteiger partial charge < -0.3 is 48.7 Å². The van der Waals surface area contributed by atoms with Gasteiger partial charge in [-0.25, -0.2) is 23.2 Å². The van der Waals surface area contributed by atoms with Crippen LogP contribution < -0.4 is 102 Å². The number of alkyl halides is 8. The Hall–Kier alpha value is -9.71. The number of ether oxygens (including phenoxy) is 3. The van der Waals surface area contributed by atoms with Crippen molar-refractivity contribution in [2.24, 2.45) is 37.9 Å². The molecule has 494 valence electrons. The first-order valence-corrected chi connectivity index (χ1v) is 26.5. The summed E-state index contributed by atoms with van der Waals surface area (Å²) in [5, 5.41) is 8.43. The SMILES string of the molecule is C=CC#Cc1cc(C2(c3ccc(OC(F)F)cc3)N=C(N)N(C)C2=O)ccc1F.CN1C(=O)C(c2ccc(OC(F)F)cc2)(c2ccc(F)c(C#CCCF)c2)N=C1N.CN=C(N)N.O=C(C(=O)c1ccc(F)c(C#CCCF)c1)c1ccc(OC(F)F)cc1.O=CO[O-].[H-].[Na+].[Na+]. The summed E-state index contributed by atoms with van der Waals surface area (Å²) in [6.45, 7) is -7.05. The largest absolute Gasteiger partial charge is 1.00 e. The second-order valence-corrected chi connectivity index (χ2v) is 18.3. The van der Waals surface area contributed by atoms with Gasteiger partial charge in [0.25, 0.3) is 18.3 Å². The Balaban J connectivity index is 0.000000674. The molecule has 0 saturated carbocycles. The average Bonchev–Trinajstić information content (AvgIpc) is 1.63. The molecule has 0 saturated heterocycles. The van der Waals surface area contributed by atoms with E-state index in [1.807, 2.05) is 0 Å². The van der Waals surface area contributed by atoms with E-state index >= 15 is 0 Å². The average molecular weight is 1360 g/mol. The molecular formula is C64H54F11N9Na2O10. The first kappa shape index (κ1) is 82.4. The molecule has 0 aromatic heterocycles. The Bertz CT molecular complexity index is 4000. The van der Waals surface area contributed by atoms with E-state index in [0.29, 0.717) is 16.7 Å². The molecule has 0 spiro atoms. The Morgan fingerprint density at radius 3 is 1.22 bits per heavy atom. The van der Waals surface area contributed by atoms with E-state index in [9.17, 15) is 67.5 Å². The third-order valence-corrected chi connectivity index (χ3v) is 12.5. The predicted molar refractivity (Wildman–Crippen MR) is 319 cm³/mol. The van der Waals surface area contributed by atoms with Crippen molar-refractivity contribution in [2.45, 2.75) is 43.8 Å². The third-order valence-electron chi connectivity index (χ3n) is 12.5. The number of allylic oxidation sites excluding steroid dienone is 1. The molecule has 6 aromatic carbocycles. The molecule has 8 N–H and O–H groups in total. The summed E-state index contributed by atoms with van der Waals surface area (Å²) < 4.78 is 153. The molecule has 2 unspecified atom stereocenters. The number of nitrogens with zero attached hydrogens (tertiary/aromatic N) is 5. The number of amides is 2. The van der Waals surface area contributed by atoms with Crippen LogP contribution in [0.5, 0.6) is 17.2 Å². The number of likely N-dealkylation sites (N-methyl/N-ethyl adjacent to an activating group) is 2. The minimum absolute atomic E-state index is 0. The van der Waals surface area contributed by atoms with E-state index in [1.54, 1.807) is 0 Å². The Morgan fingerprint density at radius 2 is 0.906 bits per heavy atom. The third kappa shape index (κ3) is 22.2. The molecule has 19 nitrogen and oxygen atoms in total. The smallest absolute Gasteiger partial charge is 1.00 e. The van der Waals surface area contributed by atoms with Crippen LogP contribution in [-0.4, -0.2) is 112 Å². The van der Waals surface area contributed by atoms with Crippen molar-refractivity contribution < 1.29 is 157 Å². The van der Waals surface area contributed by atoms with Crippen LogP contribution in [0.1, 0.15) is 73.9 Å². The molecule has 0 aliphatic carbocycles. The zero-order chi connectivity index (χ0) is 69.9. The molecule has 0 radical (unpaired) electrons. The van der Waals surface area contributed by atoms with Gasteiger partial charge in [0.15, 0.2) is 29.0 Å². The van der Waals surface area contributed by atoms with Crippen LogP contribution >= 0.6 is 0 Å². The Morgan fingerprint density at radius 1 is 0.594 bits per heavy atom. The number of hydrogen-bond acceptors (Lipinski definition) is 15. The van der Waals surface area contributed by atoms with Gasteiger partial charge in [-0.3, -0.25) is 47.5 Å². The van der Waals surface area contributed by atoms with Crippen LogP contribution in [0.25, 0.3) is 0 Å². The second kappa shape index (κ2) is 39.9. The van der Waals surface area contributed by atoms with E-state index in [2.05, 4.69) is 76.2 Å². The summed E-state index contributed by atoms with van der Waals surface area (Å²) in [6.07, 6.45) is 1.17. The molecule has 8 rings (SSSR count). The molecular weight excluding hydrogens is 1310 g/mol. The zero-order valence-electron chi connectivity index (χ0n) is 52.3. The zero-order valence-corrected chi connectivity index (χ0v) is 55.3. The number of ketones is 2. The van der Waals surface area contributed by atoms with Gasteiger partial charge >= 0.3 is 78.9 Å². The van der Waals surface area contributed by atoms with E-state index < -0.39 is 85.1 Å². The standard InChI is InChI=1S/C21H17F4N3O2.C21H16F3N3O2.C19H12F4O3.C2H7N3.CH2O3.2Na.H/c1-28-18(29)21(27-20(28)26,14-5-8-16(9-6-14)30-19(24)25)15-7-10-17(23)13(12-15)4-2-3-11-22;1-3-4-5-13-12-15(8-11-17(13)22)21(18(28)27(2)20(25)26-21)14-6-9-16(10-7-14)29-19(23)24;20-10-2-1-3-13-11-14(6-9-16(13)21)18(25)17(24)12-4-7-15(8-5-12)26-19(22)23;1-5-2(3)4;2-1-4-3;;;/h5-10,12,19H,3,11H2,1H3,(H2,26,27);3,6-12,19H,1H2,2H3,(H2,25,26);4-9,11,19H,2,10H2;1H3,(H4,3,4,5);1,3H;;;/q;;;;;2*+1;-1/p-1. The van der Waals surface area contributed by atoms with Crippen LogP contribution in [0.4, 0.5) is 48.3 Å². The molecule has 0 fully saturated rings. The molecule has 6 aromatic rings. The monoisotopic (exact) mass is 1360 g/mol. The van der Waals surface area contributed by atoms with Gasteiger partial charge in [-0.1, -0.05) is 78.5 Å². The van der Waals surface area contributed by atoms with Crippen molar-refractivity contribution >= 4 is 47.7 Å². The molecule has 2 aliphatic heterocycles. The van der Waals surface area contributed by atoms with Gasteiger partial charge in [0, 0.05) is 45.1 Å². The Kier molecular flexibility index (Phi) is 34.2. The molecule has 2 amide bonds. The fourth-order valence-electron chi connectivity index (χ4n) is 8.17. The number of benzene rings is 6. The first-order valence-electron chi connectivity index (χ1n) is 26.5. The minimum Gasteiger partial charge on any atom is -1.00 e. The number of hydrogen-bond donors (Lipinski definition) is 4. The van der Waals surface area contributed by atoms with Crippen LogP contribution in [0.15, 0.2) is 155 Å². The van der Waals surface area contributed by atoms with Crippen LogP contribution in [0.2, 0.25) is 0 Å². The van der Waals surface area contributed by atoms with Crippen molar-refractivity contribution in [3.63, 3.8) is 0 Å². The summed E-state index contributed by atoms with van der Waals surface area (Å²) >= 11 is 0. The van der Waals surface area contributed by atoms with E-state index in [4.69, 9.17) is 33.0 Å². The van der Waals surface area contributed by atoms with E-state index in [0.717, 1.165) is 41.3 Å². The number of carbonyl (C=O) groups is 5. The fourth-order valence-corrected chi connectivity index (χ4v) is 8.17. The minimum atomic E-state index is -3.01. The maximum absolute atomic E-state index is 14.2. The van der Waals surface area contributed by atoms with Crippen molar-refractivity contribution in [2.75, 3.05) is 34.5 Å². The van der Waals surface area contributed by atoms with Gasteiger partial charge in [-0.05, 0) is 119 Å². The van der Waals surface area contributed by atoms with Gasteiger partial charge in [-0.2, -0.15) is 26.3 Å². The van der Waals surface area contributed by atoms with Crippen molar-refractivity contribution in [1.82, 2.24) is 9.80 Å². The topological polar surface area (TPSA) is 293 Å². The number of Topliss-reactive ketones (excluding diaryl/α,β-unsaturated/α-hetero) is 2. The summed E-state index contributed by atoms with van der Waals surface area (Å²) in [7, 11) is 4.43. The normalized spacial score (nSPS) is 14.6. The van der Waals surface area contributed by atoms with E-state index in [-0.39, 0.29) is 148 Å². The maximum atomic E-state index is 14.2. The molecule has 32 heteroatoms. The summed E-state index contributed by atoms with van der Waals surface area (Å²) in [4.78, 5) is 76.4. The van der Waals surface area contributed by atoms with Crippen LogP contribution in [0, 0.1) is 53.0 Å². The molecule has 96 heavy (non-hydrogen) atoms. The number of nitrogens with two attached hydrogens (primary N) is 4. The number of halogens is 11. The Labute approximate surface area is 587 Å². The van der Waals surface area contributed by atoms with Crippen LogP contribution in [0.3, 0.4) is 0 Å². The quantitative estimate of drug-likeness (QED) is 0.0103. The van der Waals surface area contributed by atoms with Gasteiger partial charge in [0.05, 0.1) is 16.7 Å². The number of aliphatic imine (C=N–C) groups is 3. The molecule has 2 atom stereocenters. The summed E-state index contributed by atoms with van der Waals surface area (Å²) in [5.74, 6) is 9.99. The van der Waals surface area contributed by atoms with Gasteiger partial charge in [-0.15, -0.1) is 0 Å². The number of guanidine groups is 3. The second-order valence-electron chi connectivity index (χ2n) is 18.3. The van der Waals surface area contributed by atoms with Crippen molar-refractivity contribution in [3.05, 3.63) is 208 Å². The van der Waals surface area contributed by atoms with Gasteiger partial charge in [0.1, 0.15) is 48.0 Å². The summed E-state index contributed by atoms with van der Waals surface area (Å²) in [6, 6.07) is 26.5. The van der Waals surface area contributed by atoms with Crippen molar-refractivity contribution in [3.8, 4) is 52.8 Å². The van der Waals surface area contributed by atoms with Crippen LogP contribution in [-0.2, 0) is 30.3 Å². The molecule has 2 heterocycles. The van der Waals surface area contributed by atoms with Crippen molar-refractivity contribution in [1.29, 1.82) is 0 Å². The summed E-state index contributed by atoms with van der Waals surface area (Å²) in [5.41, 5.74) is 19.1. The molecule has 0 bridgehead atoms. The van der Waals surface area contributed by atoms with Gasteiger partial charge in [0.2, 0.25) is 11.6 Å². The maximum Gasteiger partial charge on any atom is 1.00 e. The molecule has 2 aliphatic rings. The number of rotatable bonds is 16.